The summed E-state index contributed by atoms with van der Waals surface area (Å²) in [6.07, 6.45) is 3.72. The van der Waals surface area contributed by atoms with E-state index in [0.29, 0.717) is 0 Å². The van der Waals surface area contributed by atoms with Crippen LogP contribution in [0.5, 0.6) is 0 Å². The van der Waals surface area contributed by atoms with Crippen LogP contribution < -0.4 is 5.32 Å². The summed E-state index contributed by atoms with van der Waals surface area (Å²) < 4.78 is 1.88. The molecule has 5 heteroatoms. The van der Waals surface area contributed by atoms with E-state index in [0.717, 1.165) is 18.1 Å². The molecule has 2 heterocycles. The molecular weight excluding hydrogens is 208 g/mol. The summed E-state index contributed by atoms with van der Waals surface area (Å²) in [6, 6.07) is 2.01. The molecule has 0 amide bonds. The molecule has 0 fully saturated rings. The number of nitrogens with zero attached hydrogens (tertiary/aromatic N) is 3. The lowest BCUT2D eigenvalue weighted by molar-refractivity contribution is 0.625. The largest absolute Gasteiger partial charge is 0.305 e. The fraction of sp³-hybridized carbons (Fsp3) is 0.400. The van der Waals surface area contributed by atoms with Crippen molar-refractivity contribution in [2.45, 2.75) is 20.0 Å². The van der Waals surface area contributed by atoms with E-state index in [1.807, 2.05) is 30.2 Å². The molecular formula is C10H14N4S. The lowest BCUT2D eigenvalue weighted by atomic mass is 10.4. The molecule has 0 saturated carbocycles. The highest BCUT2D eigenvalue weighted by molar-refractivity contribution is 7.11. The quantitative estimate of drug-likeness (QED) is 0.852. The highest BCUT2D eigenvalue weighted by Gasteiger charge is 2.00. The fourth-order valence-corrected chi connectivity index (χ4v) is 2.11. The van der Waals surface area contributed by atoms with Gasteiger partial charge in [-0.3, -0.25) is 4.68 Å². The molecule has 2 aromatic rings. The van der Waals surface area contributed by atoms with E-state index in [1.165, 1.54) is 10.6 Å². The van der Waals surface area contributed by atoms with Gasteiger partial charge in [0.15, 0.2) is 0 Å². The van der Waals surface area contributed by atoms with E-state index in [-0.39, 0.29) is 0 Å². The van der Waals surface area contributed by atoms with Gasteiger partial charge in [-0.1, -0.05) is 0 Å². The van der Waals surface area contributed by atoms with Gasteiger partial charge in [-0.2, -0.15) is 5.10 Å². The summed E-state index contributed by atoms with van der Waals surface area (Å²) in [6.45, 7) is 3.72. The molecule has 0 atom stereocenters. The van der Waals surface area contributed by atoms with Gasteiger partial charge in [0.1, 0.15) is 5.01 Å². The van der Waals surface area contributed by atoms with Gasteiger partial charge in [-0.05, 0) is 13.0 Å². The third kappa shape index (κ3) is 2.64. The van der Waals surface area contributed by atoms with Crippen LogP contribution in [-0.2, 0) is 20.1 Å². The van der Waals surface area contributed by atoms with Crippen LogP contribution in [-0.4, -0.2) is 14.8 Å². The zero-order chi connectivity index (χ0) is 10.7. The maximum Gasteiger partial charge on any atom is 0.107 e. The lowest BCUT2D eigenvalue weighted by Gasteiger charge is -2.02. The number of aromatic nitrogens is 3. The lowest BCUT2D eigenvalue weighted by Crippen LogP contribution is -2.15. The van der Waals surface area contributed by atoms with E-state index in [2.05, 4.69) is 22.3 Å². The summed E-state index contributed by atoms with van der Waals surface area (Å²) in [4.78, 5) is 5.55. The Morgan fingerprint density at radius 3 is 2.93 bits per heavy atom. The van der Waals surface area contributed by atoms with Gasteiger partial charge >= 0.3 is 0 Å². The second kappa shape index (κ2) is 4.55. The Balaban J connectivity index is 1.83. The van der Waals surface area contributed by atoms with Crippen molar-refractivity contribution < 1.29 is 0 Å². The second-order valence-corrected chi connectivity index (χ2v) is 4.73. The standard InChI is InChI=1S/C10H14N4S/c1-8-5-12-10(15-8)7-11-6-9-3-4-13-14(9)2/h3-5,11H,6-7H2,1-2H3. The van der Waals surface area contributed by atoms with E-state index in [4.69, 9.17) is 0 Å². The summed E-state index contributed by atoms with van der Waals surface area (Å²) in [5.41, 5.74) is 1.18. The van der Waals surface area contributed by atoms with E-state index < -0.39 is 0 Å². The Kier molecular flexibility index (Phi) is 3.13. The molecule has 0 bridgehead atoms. The first-order chi connectivity index (χ1) is 7.25. The van der Waals surface area contributed by atoms with E-state index in [1.54, 1.807) is 11.3 Å². The molecule has 15 heavy (non-hydrogen) atoms. The number of nitrogens with one attached hydrogen (secondary N) is 1. The average Bonchev–Trinajstić information content (AvgIpc) is 2.77. The van der Waals surface area contributed by atoms with Gasteiger partial charge in [-0.25, -0.2) is 4.98 Å². The van der Waals surface area contributed by atoms with Crippen LogP contribution in [0.2, 0.25) is 0 Å². The first kappa shape index (κ1) is 10.3. The van der Waals surface area contributed by atoms with Crippen molar-refractivity contribution in [1.82, 2.24) is 20.1 Å². The highest BCUT2D eigenvalue weighted by atomic mass is 32.1. The maximum absolute atomic E-state index is 4.29. The van der Waals surface area contributed by atoms with E-state index in [9.17, 15) is 0 Å². The Bertz CT molecular complexity index is 432. The predicted molar refractivity (Wildman–Crippen MR) is 60.6 cm³/mol. The summed E-state index contributed by atoms with van der Waals surface area (Å²) in [7, 11) is 1.95. The molecule has 0 aliphatic heterocycles. The van der Waals surface area contributed by atoms with Crippen molar-refractivity contribution in [2.75, 3.05) is 0 Å². The minimum absolute atomic E-state index is 0.823. The van der Waals surface area contributed by atoms with Gasteiger partial charge in [0.2, 0.25) is 0 Å². The SMILES string of the molecule is Cc1cnc(CNCc2ccnn2C)s1. The second-order valence-electron chi connectivity index (χ2n) is 3.41. The number of hydrogen-bond donors (Lipinski definition) is 1. The Morgan fingerprint density at radius 1 is 1.47 bits per heavy atom. The smallest absolute Gasteiger partial charge is 0.107 e. The summed E-state index contributed by atoms with van der Waals surface area (Å²) >= 11 is 1.73. The van der Waals surface area contributed by atoms with Crippen LogP contribution in [0, 0.1) is 6.92 Å². The zero-order valence-electron chi connectivity index (χ0n) is 8.90. The molecule has 0 aliphatic carbocycles. The molecule has 2 rings (SSSR count). The molecule has 2 aromatic heterocycles. The van der Waals surface area contributed by atoms with Crippen molar-refractivity contribution in [3.05, 3.63) is 34.0 Å². The van der Waals surface area contributed by atoms with Crippen LogP contribution >= 0.6 is 11.3 Å². The Morgan fingerprint density at radius 2 is 2.33 bits per heavy atom. The first-order valence-electron chi connectivity index (χ1n) is 4.84. The van der Waals surface area contributed by atoms with Gasteiger partial charge in [0, 0.05) is 37.4 Å². The summed E-state index contributed by atoms with van der Waals surface area (Å²) in [5, 5.41) is 8.59. The maximum atomic E-state index is 4.29. The number of aryl methyl sites for hydroxylation is 2. The van der Waals surface area contributed by atoms with Gasteiger partial charge < -0.3 is 5.32 Å². The van der Waals surface area contributed by atoms with Crippen LogP contribution in [0.15, 0.2) is 18.5 Å². The van der Waals surface area contributed by atoms with Crippen molar-refractivity contribution in [3.8, 4) is 0 Å². The van der Waals surface area contributed by atoms with Crippen molar-refractivity contribution in [2.24, 2.45) is 7.05 Å². The van der Waals surface area contributed by atoms with Crippen LogP contribution in [0.1, 0.15) is 15.6 Å². The zero-order valence-corrected chi connectivity index (χ0v) is 9.71. The monoisotopic (exact) mass is 222 g/mol. The number of thiazole rings is 1. The van der Waals surface area contributed by atoms with Crippen LogP contribution in [0.25, 0.3) is 0 Å². The minimum atomic E-state index is 0.823. The Labute approximate surface area is 93.0 Å². The van der Waals surface area contributed by atoms with Crippen LogP contribution in [0.3, 0.4) is 0 Å². The topological polar surface area (TPSA) is 42.7 Å². The minimum Gasteiger partial charge on any atom is -0.305 e. The highest BCUT2D eigenvalue weighted by Crippen LogP contribution is 2.10. The fourth-order valence-electron chi connectivity index (χ4n) is 1.36. The molecule has 0 aliphatic rings. The van der Waals surface area contributed by atoms with Crippen LogP contribution in [0.4, 0.5) is 0 Å². The van der Waals surface area contributed by atoms with E-state index >= 15 is 0 Å². The molecule has 0 radical (unpaired) electrons. The predicted octanol–water partition coefficient (Wildman–Crippen LogP) is 1.47. The molecule has 1 N–H and O–H groups in total. The molecule has 4 nitrogen and oxygen atoms in total. The third-order valence-corrected chi connectivity index (χ3v) is 3.09. The molecule has 80 valence electrons. The first-order valence-corrected chi connectivity index (χ1v) is 5.66. The molecule has 0 aromatic carbocycles. The van der Waals surface area contributed by atoms with Crippen molar-refractivity contribution in [1.29, 1.82) is 0 Å². The van der Waals surface area contributed by atoms with Crippen molar-refractivity contribution >= 4 is 11.3 Å². The van der Waals surface area contributed by atoms with Crippen molar-refractivity contribution in [3.63, 3.8) is 0 Å². The Hall–Kier alpha value is -1.20. The number of hydrogen-bond acceptors (Lipinski definition) is 4. The van der Waals surface area contributed by atoms with Gasteiger partial charge in [0.25, 0.3) is 0 Å². The third-order valence-electron chi connectivity index (χ3n) is 2.17. The number of rotatable bonds is 4. The average molecular weight is 222 g/mol. The summed E-state index contributed by atoms with van der Waals surface area (Å²) in [5.74, 6) is 0. The molecule has 0 saturated heterocycles. The molecule has 0 spiro atoms. The van der Waals surface area contributed by atoms with Gasteiger partial charge in [-0.15, -0.1) is 11.3 Å². The normalized spacial score (nSPS) is 10.8. The van der Waals surface area contributed by atoms with Gasteiger partial charge in [0.05, 0.1) is 5.69 Å². The molecule has 0 unspecified atom stereocenters.